The number of fused-ring (bicyclic) bond motifs is 2. The molecule has 0 saturated carbocycles. The summed E-state index contributed by atoms with van der Waals surface area (Å²) >= 11 is 0. The number of halogens is 3. The molecule has 0 radical (unpaired) electrons. The van der Waals surface area contributed by atoms with Gasteiger partial charge in [0.25, 0.3) is 0 Å². The predicted octanol–water partition coefficient (Wildman–Crippen LogP) is 4.77. The Morgan fingerprint density at radius 2 is 1.98 bits per heavy atom. The lowest BCUT2D eigenvalue weighted by molar-refractivity contribution is -0.128. The topological polar surface area (TPSA) is 127 Å². The van der Waals surface area contributed by atoms with E-state index in [0.717, 1.165) is 6.33 Å². The van der Waals surface area contributed by atoms with E-state index < -0.39 is 12.4 Å². The normalized spacial score (nSPS) is 15.3. The Kier molecular flexibility index (Phi) is 7.21. The number of benzene rings is 1. The number of alkyl halides is 2. The molecule has 0 unspecified atom stereocenters. The summed E-state index contributed by atoms with van der Waals surface area (Å²) in [5.74, 6) is 0.416. The molecule has 0 spiro atoms. The molecule has 1 amide bonds. The van der Waals surface area contributed by atoms with Crippen molar-refractivity contribution in [2.45, 2.75) is 26.4 Å². The largest absolute Gasteiger partial charge is 0.455 e. The van der Waals surface area contributed by atoms with Crippen LogP contribution >= 0.6 is 0 Å². The number of ether oxygens (including phenoxy) is 1. The Labute approximate surface area is 242 Å². The van der Waals surface area contributed by atoms with Gasteiger partial charge in [-0.3, -0.25) is 9.36 Å². The van der Waals surface area contributed by atoms with Crippen LogP contribution in [0, 0.1) is 12.7 Å². The molecule has 1 aliphatic heterocycles. The summed E-state index contributed by atoms with van der Waals surface area (Å²) in [6.45, 7) is 5.81. The highest BCUT2D eigenvalue weighted by molar-refractivity contribution is 5.88. The van der Waals surface area contributed by atoms with E-state index in [2.05, 4.69) is 41.8 Å². The first-order valence-corrected chi connectivity index (χ1v) is 13.2. The molecule has 1 saturated heterocycles. The number of nitrogens with one attached hydrogen (secondary N) is 1. The van der Waals surface area contributed by atoms with Crippen LogP contribution < -0.4 is 15.0 Å². The van der Waals surface area contributed by atoms with E-state index in [-0.39, 0.29) is 51.7 Å². The summed E-state index contributed by atoms with van der Waals surface area (Å²) in [7, 11) is 0. The predicted molar refractivity (Wildman–Crippen MR) is 152 cm³/mol. The van der Waals surface area contributed by atoms with Gasteiger partial charge in [0.05, 0.1) is 18.1 Å². The summed E-state index contributed by atoms with van der Waals surface area (Å²) in [6, 6.07) is 4.43. The lowest BCUT2D eigenvalue weighted by Gasteiger charge is -2.39. The molecule has 220 valence electrons. The molecule has 1 aromatic carbocycles. The molecule has 0 bridgehead atoms. The van der Waals surface area contributed by atoms with Crippen molar-refractivity contribution in [3.8, 4) is 11.5 Å². The van der Waals surface area contributed by atoms with Crippen molar-refractivity contribution < 1.29 is 22.7 Å². The number of piperazine rings is 1. The minimum absolute atomic E-state index is 0.00779. The van der Waals surface area contributed by atoms with Crippen LogP contribution in [-0.4, -0.2) is 71.0 Å². The third-order valence-corrected chi connectivity index (χ3v) is 7.15. The Bertz CT molecular complexity index is 1860. The fraction of sp³-hybridized carbons (Fsp3) is 0.250. The molecule has 1 atom stereocenters. The second-order valence-electron chi connectivity index (χ2n) is 9.88. The maximum Gasteiger partial charge on any atom is 0.321 e. The monoisotopic (exact) mass is 590 g/mol. The molecule has 5 heterocycles. The van der Waals surface area contributed by atoms with Gasteiger partial charge >= 0.3 is 6.55 Å². The number of amides is 1. The molecular formula is C28H25F3N10O2. The smallest absolute Gasteiger partial charge is 0.321 e. The quantitative estimate of drug-likeness (QED) is 0.265. The Morgan fingerprint density at radius 3 is 2.74 bits per heavy atom. The second kappa shape index (κ2) is 11.2. The van der Waals surface area contributed by atoms with Gasteiger partial charge in [-0.05, 0) is 32.1 Å². The number of carbonyl (C=O) groups excluding carboxylic acids is 1. The molecule has 0 aliphatic carbocycles. The van der Waals surface area contributed by atoms with Crippen molar-refractivity contribution in [2.75, 3.05) is 29.9 Å². The number of anilines is 3. The first-order chi connectivity index (χ1) is 20.7. The molecule has 43 heavy (non-hydrogen) atoms. The zero-order valence-electron chi connectivity index (χ0n) is 23.1. The minimum Gasteiger partial charge on any atom is -0.455 e. The summed E-state index contributed by atoms with van der Waals surface area (Å²) in [4.78, 5) is 41.4. The van der Waals surface area contributed by atoms with Crippen LogP contribution in [0.2, 0.25) is 0 Å². The first-order valence-electron chi connectivity index (χ1n) is 13.2. The highest BCUT2D eigenvalue weighted by Crippen LogP contribution is 2.33. The first kappa shape index (κ1) is 27.8. The number of hydrogen-bond acceptors (Lipinski definition) is 10. The molecule has 5 aromatic rings. The van der Waals surface area contributed by atoms with E-state index in [0.29, 0.717) is 41.2 Å². The van der Waals surface area contributed by atoms with E-state index in [4.69, 9.17) is 4.74 Å². The summed E-state index contributed by atoms with van der Waals surface area (Å²) < 4.78 is 48.2. The van der Waals surface area contributed by atoms with Crippen LogP contribution in [0.25, 0.3) is 22.2 Å². The molecular weight excluding hydrogens is 565 g/mol. The molecule has 1 fully saturated rings. The van der Waals surface area contributed by atoms with Crippen LogP contribution in [0.4, 0.5) is 30.6 Å². The fourth-order valence-corrected chi connectivity index (χ4v) is 4.90. The molecule has 15 heteroatoms. The van der Waals surface area contributed by atoms with E-state index >= 15 is 4.39 Å². The van der Waals surface area contributed by atoms with E-state index in [1.807, 2.05) is 11.8 Å². The number of rotatable bonds is 7. The Hall–Kier alpha value is -5.34. The average Bonchev–Trinajstić information content (AvgIpc) is 3.44. The maximum absolute atomic E-state index is 15.6. The lowest BCUT2D eigenvalue weighted by Crippen LogP contribution is -2.54. The highest BCUT2D eigenvalue weighted by atomic mass is 19.3. The van der Waals surface area contributed by atoms with Gasteiger partial charge in [-0.15, -0.1) is 0 Å². The zero-order valence-corrected chi connectivity index (χ0v) is 23.1. The van der Waals surface area contributed by atoms with Crippen molar-refractivity contribution in [1.82, 2.24) is 39.4 Å². The summed E-state index contributed by atoms with van der Waals surface area (Å²) in [5.41, 5.74) is 1.40. The van der Waals surface area contributed by atoms with Crippen LogP contribution in [0.15, 0.2) is 55.9 Å². The van der Waals surface area contributed by atoms with E-state index in [1.165, 1.54) is 30.7 Å². The number of aromatic nitrogens is 7. The van der Waals surface area contributed by atoms with Crippen molar-refractivity contribution >= 4 is 45.6 Å². The number of carbonyl (C=O) groups is 1. The molecule has 4 aromatic heterocycles. The molecule has 12 nitrogen and oxygen atoms in total. The van der Waals surface area contributed by atoms with Crippen molar-refractivity contribution in [2.24, 2.45) is 0 Å². The van der Waals surface area contributed by atoms with Crippen LogP contribution in [0.1, 0.15) is 19.0 Å². The van der Waals surface area contributed by atoms with Gasteiger partial charge in [0.15, 0.2) is 17.3 Å². The van der Waals surface area contributed by atoms with Gasteiger partial charge in [0.2, 0.25) is 11.9 Å². The highest BCUT2D eigenvalue weighted by Gasteiger charge is 2.28. The van der Waals surface area contributed by atoms with E-state index in [9.17, 15) is 13.6 Å². The van der Waals surface area contributed by atoms with E-state index in [1.54, 1.807) is 24.1 Å². The summed E-state index contributed by atoms with van der Waals surface area (Å²) in [5, 5.41) is 3.00. The third kappa shape index (κ3) is 5.24. The standard InChI is InChI=1S/C28H25F3N10O2/c1-4-22(42)40-8-7-39(12-15(40)2)28-33-11-20-24(38-28)25(35-13-34-20)37-18-5-6-21(16(3)23(18)29)43-17-9-19-26(32-10-17)41(14-36-19)27(30)31/h4-6,9-11,13-15,27H,1,7-8,12H2,2-3H3,(H,34,35,37)/t15-/m1/s1. The van der Waals surface area contributed by atoms with Gasteiger partial charge in [0.1, 0.15) is 40.7 Å². The number of nitrogens with zero attached hydrogens (tertiary/aromatic N) is 9. The molecule has 6 rings (SSSR count). The zero-order chi connectivity index (χ0) is 30.2. The SMILES string of the molecule is C=CC(=O)N1CCN(c2ncc3ncnc(Nc4ccc(Oc5cnc6c(c5)ncn6C(F)F)c(C)c4F)c3n2)C[C@H]1C. The number of imidazole rings is 1. The van der Waals surface area contributed by atoms with Crippen molar-refractivity contribution in [3.05, 3.63) is 67.3 Å². The van der Waals surface area contributed by atoms with Crippen molar-refractivity contribution in [1.29, 1.82) is 0 Å². The molecule has 1 N–H and O–H groups in total. The van der Waals surface area contributed by atoms with Gasteiger partial charge in [0, 0.05) is 37.3 Å². The maximum atomic E-state index is 15.6. The van der Waals surface area contributed by atoms with Crippen molar-refractivity contribution in [3.63, 3.8) is 0 Å². The minimum atomic E-state index is -2.78. The summed E-state index contributed by atoms with van der Waals surface area (Å²) in [6.07, 6.45) is 6.47. The second-order valence-corrected chi connectivity index (χ2v) is 9.88. The number of hydrogen-bond donors (Lipinski definition) is 1. The van der Waals surface area contributed by atoms with Gasteiger partial charge in [-0.2, -0.15) is 8.78 Å². The average molecular weight is 591 g/mol. The molecule has 1 aliphatic rings. The number of pyridine rings is 1. The Morgan fingerprint density at radius 1 is 1.14 bits per heavy atom. The Balaban J connectivity index is 1.24. The lowest BCUT2D eigenvalue weighted by atomic mass is 10.1. The van der Waals surface area contributed by atoms with Gasteiger partial charge < -0.3 is 19.9 Å². The third-order valence-electron chi connectivity index (χ3n) is 7.15. The fourth-order valence-electron chi connectivity index (χ4n) is 4.90. The van der Waals surface area contributed by atoms with Gasteiger partial charge in [-0.1, -0.05) is 6.58 Å². The van der Waals surface area contributed by atoms with Crippen LogP contribution in [-0.2, 0) is 4.79 Å². The van der Waals surface area contributed by atoms with Crippen LogP contribution in [0.3, 0.4) is 0 Å². The van der Waals surface area contributed by atoms with Crippen LogP contribution in [0.5, 0.6) is 11.5 Å². The van der Waals surface area contributed by atoms with Gasteiger partial charge in [-0.25, -0.2) is 34.3 Å².